The fourth-order valence-corrected chi connectivity index (χ4v) is 3.75. The normalized spacial score (nSPS) is 10.9. The summed E-state index contributed by atoms with van der Waals surface area (Å²) in [5.74, 6) is 0.572. The van der Waals surface area contributed by atoms with Crippen LogP contribution in [0.2, 0.25) is 0 Å². The Bertz CT molecular complexity index is 1160. The summed E-state index contributed by atoms with van der Waals surface area (Å²) in [6.45, 7) is 8.48. The van der Waals surface area contributed by atoms with Crippen molar-refractivity contribution in [3.05, 3.63) is 92.2 Å². The standard InChI is InChI=1S/C26H30N2O4/c1-5-6-7-24-27-18(3)14-25(29)28(24)15-20-9-11-21(12-10-20)32-16-23-17(2)8-13-22(19(23)4)26(30)31/h8-14H,5-7,15-16H2,1-4H3,(H,30,31). The van der Waals surface area contributed by atoms with Crippen LogP contribution in [0.5, 0.6) is 5.75 Å². The number of ether oxygens (including phenoxy) is 1. The molecular weight excluding hydrogens is 404 g/mol. The number of hydrogen-bond donors (Lipinski definition) is 1. The molecule has 6 heteroatoms. The second-order valence-corrected chi connectivity index (χ2v) is 8.11. The zero-order chi connectivity index (χ0) is 23.3. The highest BCUT2D eigenvalue weighted by molar-refractivity contribution is 5.89. The third-order valence-electron chi connectivity index (χ3n) is 5.68. The molecule has 3 rings (SSSR count). The van der Waals surface area contributed by atoms with E-state index >= 15 is 0 Å². The SMILES string of the molecule is CCCCc1nc(C)cc(=O)n1Cc1ccc(OCc2c(C)ccc(C(=O)O)c2C)cc1. The van der Waals surface area contributed by atoms with E-state index in [1.54, 1.807) is 16.7 Å². The van der Waals surface area contributed by atoms with Crippen molar-refractivity contribution in [1.29, 1.82) is 0 Å². The molecule has 3 aromatic rings. The zero-order valence-electron chi connectivity index (χ0n) is 19.1. The van der Waals surface area contributed by atoms with Crippen LogP contribution in [0.25, 0.3) is 0 Å². The summed E-state index contributed by atoms with van der Waals surface area (Å²) in [6.07, 6.45) is 2.82. The Hall–Kier alpha value is -3.41. The number of aryl methyl sites for hydroxylation is 3. The molecule has 0 bridgehead atoms. The van der Waals surface area contributed by atoms with Crippen molar-refractivity contribution >= 4 is 5.97 Å². The summed E-state index contributed by atoms with van der Waals surface area (Å²) >= 11 is 0. The largest absolute Gasteiger partial charge is 0.489 e. The molecule has 0 aliphatic rings. The molecule has 1 N–H and O–H groups in total. The van der Waals surface area contributed by atoms with Crippen LogP contribution in [-0.4, -0.2) is 20.6 Å². The van der Waals surface area contributed by atoms with Gasteiger partial charge in [0.2, 0.25) is 0 Å². The molecule has 1 heterocycles. The number of aromatic nitrogens is 2. The molecule has 0 spiro atoms. The average molecular weight is 435 g/mol. The van der Waals surface area contributed by atoms with Crippen molar-refractivity contribution in [3.63, 3.8) is 0 Å². The van der Waals surface area contributed by atoms with E-state index in [-0.39, 0.29) is 5.56 Å². The summed E-state index contributed by atoms with van der Waals surface area (Å²) in [7, 11) is 0. The Kier molecular flexibility index (Phi) is 7.46. The van der Waals surface area contributed by atoms with Gasteiger partial charge in [-0.25, -0.2) is 9.78 Å². The van der Waals surface area contributed by atoms with Crippen molar-refractivity contribution in [1.82, 2.24) is 9.55 Å². The number of hydrogen-bond acceptors (Lipinski definition) is 4. The third kappa shape index (κ3) is 5.44. The number of carboxylic acids is 1. The van der Waals surface area contributed by atoms with Gasteiger partial charge in [0.1, 0.15) is 18.2 Å². The van der Waals surface area contributed by atoms with Gasteiger partial charge in [-0.05, 0) is 67.6 Å². The van der Waals surface area contributed by atoms with E-state index in [1.807, 2.05) is 51.1 Å². The van der Waals surface area contributed by atoms with Crippen LogP contribution in [0.4, 0.5) is 0 Å². The first-order valence-electron chi connectivity index (χ1n) is 10.9. The van der Waals surface area contributed by atoms with Crippen molar-refractivity contribution in [3.8, 4) is 5.75 Å². The lowest BCUT2D eigenvalue weighted by Crippen LogP contribution is -2.25. The van der Waals surface area contributed by atoms with Crippen LogP contribution < -0.4 is 10.3 Å². The molecule has 0 atom stereocenters. The Balaban J connectivity index is 1.74. The van der Waals surface area contributed by atoms with Crippen LogP contribution in [0, 0.1) is 20.8 Å². The quantitative estimate of drug-likeness (QED) is 0.521. The Morgan fingerprint density at radius 3 is 2.47 bits per heavy atom. The Morgan fingerprint density at radius 1 is 1.09 bits per heavy atom. The predicted molar refractivity (Wildman–Crippen MR) is 125 cm³/mol. The fourth-order valence-electron chi connectivity index (χ4n) is 3.75. The van der Waals surface area contributed by atoms with E-state index in [2.05, 4.69) is 11.9 Å². The van der Waals surface area contributed by atoms with Gasteiger partial charge in [-0.3, -0.25) is 9.36 Å². The van der Waals surface area contributed by atoms with Crippen LogP contribution >= 0.6 is 0 Å². The third-order valence-corrected chi connectivity index (χ3v) is 5.68. The summed E-state index contributed by atoms with van der Waals surface area (Å²) in [5, 5.41) is 9.35. The predicted octanol–water partition coefficient (Wildman–Crippen LogP) is 4.84. The van der Waals surface area contributed by atoms with E-state index in [1.165, 1.54) is 0 Å². The highest BCUT2D eigenvalue weighted by Gasteiger charge is 2.13. The maximum atomic E-state index is 12.6. The van der Waals surface area contributed by atoms with Crippen molar-refractivity contribution < 1.29 is 14.6 Å². The molecule has 32 heavy (non-hydrogen) atoms. The second-order valence-electron chi connectivity index (χ2n) is 8.11. The van der Waals surface area contributed by atoms with Gasteiger partial charge in [-0.15, -0.1) is 0 Å². The molecule has 0 aliphatic carbocycles. The number of unbranched alkanes of at least 4 members (excludes halogenated alkanes) is 1. The molecule has 0 unspecified atom stereocenters. The maximum Gasteiger partial charge on any atom is 0.335 e. The number of carboxylic acid groups (broad SMARTS) is 1. The second kappa shape index (κ2) is 10.3. The van der Waals surface area contributed by atoms with Gasteiger partial charge in [0.15, 0.2) is 0 Å². The van der Waals surface area contributed by atoms with Gasteiger partial charge >= 0.3 is 5.97 Å². The minimum atomic E-state index is -0.938. The summed E-state index contributed by atoms with van der Waals surface area (Å²) in [5.41, 5.74) is 4.59. The summed E-state index contributed by atoms with van der Waals surface area (Å²) in [6, 6.07) is 12.6. The highest BCUT2D eigenvalue weighted by atomic mass is 16.5. The summed E-state index contributed by atoms with van der Waals surface area (Å²) in [4.78, 5) is 28.5. The molecule has 1 aromatic heterocycles. The molecule has 168 valence electrons. The zero-order valence-corrected chi connectivity index (χ0v) is 19.1. The molecule has 0 radical (unpaired) electrons. The van der Waals surface area contributed by atoms with Gasteiger partial charge in [-0.1, -0.05) is 31.5 Å². The van der Waals surface area contributed by atoms with Crippen LogP contribution in [0.1, 0.15) is 63.9 Å². The van der Waals surface area contributed by atoms with Crippen molar-refractivity contribution in [2.45, 2.75) is 60.1 Å². The van der Waals surface area contributed by atoms with Crippen molar-refractivity contribution in [2.75, 3.05) is 0 Å². The lowest BCUT2D eigenvalue weighted by atomic mass is 9.98. The topological polar surface area (TPSA) is 81.4 Å². The van der Waals surface area contributed by atoms with Crippen LogP contribution in [0.3, 0.4) is 0 Å². The van der Waals surface area contributed by atoms with Crippen LogP contribution in [0.15, 0.2) is 47.3 Å². The van der Waals surface area contributed by atoms with Crippen LogP contribution in [-0.2, 0) is 19.6 Å². The van der Waals surface area contributed by atoms with E-state index in [9.17, 15) is 14.7 Å². The molecular formula is C26H30N2O4. The Labute approximate surface area is 188 Å². The number of benzene rings is 2. The Morgan fingerprint density at radius 2 is 1.81 bits per heavy atom. The van der Waals surface area contributed by atoms with E-state index in [4.69, 9.17) is 4.74 Å². The van der Waals surface area contributed by atoms with Gasteiger partial charge < -0.3 is 9.84 Å². The molecule has 0 amide bonds. The maximum absolute atomic E-state index is 12.6. The molecule has 2 aromatic carbocycles. The molecule has 0 saturated heterocycles. The number of carbonyl (C=O) groups is 1. The lowest BCUT2D eigenvalue weighted by Gasteiger charge is -2.15. The molecule has 0 fully saturated rings. The minimum absolute atomic E-state index is 0.0341. The number of aromatic carboxylic acids is 1. The molecule has 0 saturated carbocycles. The number of nitrogens with zero attached hydrogens (tertiary/aromatic N) is 2. The first kappa shape index (κ1) is 23.3. The van der Waals surface area contributed by atoms with Gasteiger partial charge in [0, 0.05) is 18.2 Å². The van der Waals surface area contributed by atoms with Crippen molar-refractivity contribution in [2.24, 2.45) is 0 Å². The summed E-state index contributed by atoms with van der Waals surface area (Å²) < 4.78 is 7.67. The first-order valence-corrected chi connectivity index (χ1v) is 10.9. The van der Waals surface area contributed by atoms with Gasteiger partial charge in [0.25, 0.3) is 5.56 Å². The van der Waals surface area contributed by atoms with E-state index in [0.717, 1.165) is 53.0 Å². The fraction of sp³-hybridized carbons (Fsp3) is 0.346. The van der Waals surface area contributed by atoms with E-state index in [0.29, 0.717) is 24.5 Å². The first-order chi connectivity index (χ1) is 15.3. The molecule has 6 nitrogen and oxygen atoms in total. The molecule has 0 aliphatic heterocycles. The highest BCUT2D eigenvalue weighted by Crippen LogP contribution is 2.22. The smallest absolute Gasteiger partial charge is 0.335 e. The van der Waals surface area contributed by atoms with E-state index < -0.39 is 5.97 Å². The number of rotatable bonds is 9. The lowest BCUT2D eigenvalue weighted by molar-refractivity contribution is 0.0696. The van der Waals surface area contributed by atoms with Gasteiger partial charge in [0.05, 0.1) is 12.1 Å². The minimum Gasteiger partial charge on any atom is -0.489 e. The van der Waals surface area contributed by atoms with Gasteiger partial charge in [-0.2, -0.15) is 0 Å². The average Bonchev–Trinajstić information content (AvgIpc) is 2.75. The monoisotopic (exact) mass is 434 g/mol.